The second-order valence-electron chi connectivity index (χ2n) is 1.52. The first-order chi connectivity index (χ1) is 2.56. The summed E-state index contributed by atoms with van der Waals surface area (Å²) in [7, 11) is 0. The van der Waals surface area contributed by atoms with Crippen molar-refractivity contribution in [2.45, 2.75) is 12.6 Å². The maximum absolute atomic E-state index is 8.35. The van der Waals surface area contributed by atoms with Crippen LogP contribution in [0, 0.1) is 0 Å². The van der Waals surface area contributed by atoms with Crippen LogP contribution in [-0.2, 0) is 0 Å². The third kappa shape index (κ3) is 10.7. The van der Waals surface area contributed by atoms with Gasteiger partial charge in [-0.15, -0.1) is 12.4 Å². The maximum atomic E-state index is 8.35. The molecule has 0 aliphatic heterocycles. The molecule has 4 N–H and O–H groups in total. The minimum Gasteiger partial charge on any atom is -0.392 e. The predicted octanol–water partition coefficient (Wildman–Crippen LogP) is -0.932. The number of rotatable bonds is 1. The van der Waals surface area contributed by atoms with Gasteiger partial charge < -0.3 is 15.9 Å². The van der Waals surface area contributed by atoms with Crippen molar-refractivity contribution in [1.82, 2.24) is 0 Å². The lowest BCUT2D eigenvalue weighted by Gasteiger charge is -2.10. The predicted molar refractivity (Wildman–Crippen MR) is 29.1 cm³/mol. The minimum absolute atomic E-state index is 0. The van der Waals surface area contributed by atoms with E-state index in [9.17, 15) is 0 Å². The van der Waals surface area contributed by atoms with Gasteiger partial charge in [-0.2, -0.15) is 0 Å². The Kier molecular flexibility index (Phi) is 4.68. The molecule has 0 radical (unpaired) electrons. The van der Waals surface area contributed by atoms with E-state index in [0.717, 1.165) is 0 Å². The molecule has 46 valence electrons. The van der Waals surface area contributed by atoms with Gasteiger partial charge in [-0.25, -0.2) is 0 Å². The summed E-state index contributed by atoms with van der Waals surface area (Å²) >= 11 is 0. The lowest BCUT2D eigenvalue weighted by atomic mass is 10.3. The molecule has 0 aliphatic rings. The fourth-order valence-electron chi connectivity index (χ4n) is 0. The van der Waals surface area contributed by atoms with Crippen LogP contribution in [-0.4, -0.2) is 22.5 Å². The van der Waals surface area contributed by atoms with Crippen molar-refractivity contribution in [1.29, 1.82) is 0 Å². The van der Waals surface area contributed by atoms with Gasteiger partial charge in [-0.1, -0.05) is 0 Å². The highest BCUT2D eigenvalue weighted by Crippen LogP contribution is 1.84. The van der Waals surface area contributed by atoms with E-state index in [2.05, 4.69) is 0 Å². The molecule has 0 saturated heterocycles. The molecule has 0 heterocycles. The average Bonchev–Trinajstić information content (AvgIpc) is 1.35. The van der Waals surface area contributed by atoms with Crippen LogP contribution in [0.3, 0.4) is 0 Å². The van der Waals surface area contributed by atoms with Gasteiger partial charge in [0.05, 0.1) is 6.61 Å². The highest BCUT2D eigenvalue weighted by Gasteiger charge is 2.07. The van der Waals surface area contributed by atoms with E-state index in [4.69, 9.17) is 15.9 Å². The molecule has 1 atom stereocenters. The lowest BCUT2D eigenvalue weighted by Crippen LogP contribution is -2.39. The molecule has 0 aromatic rings. The maximum Gasteiger partial charge on any atom is 0.133 e. The lowest BCUT2D eigenvalue weighted by molar-refractivity contribution is 0.00748. The van der Waals surface area contributed by atoms with Gasteiger partial charge in [0.25, 0.3) is 0 Å². The van der Waals surface area contributed by atoms with Gasteiger partial charge in [0.15, 0.2) is 0 Å². The molecule has 0 bridgehead atoms. The highest BCUT2D eigenvalue weighted by atomic mass is 35.5. The second kappa shape index (κ2) is 3.21. The van der Waals surface area contributed by atoms with Crippen molar-refractivity contribution < 1.29 is 10.2 Å². The van der Waals surface area contributed by atoms with Crippen LogP contribution in [0.15, 0.2) is 0 Å². The number of aliphatic hydroxyl groups is 2. The Morgan fingerprint density at radius 1 is 1.71 bits per heavy atom. The molecule has 0 rings (SSSR count). The van der Waals surface area contributed by atoms with Gasteiger partial charge >= 0.3 is 0 Å². The average molecular weight is 128 g/mol. The Labute approximate surface area is 48.6 Å². The summed E-state index contributed by atoms with van der Waals surface area (Å²) < 4.78 is 0. The fraction of sp³-hybridized carbons (Fsp3) is 1.00. The molecule has 3 nitrogen and oxygen atoms in total. The summed E-state index contributed by atoms with van der Waals surface area (Å²) in [6.45, 7) is 0.931. The molecule has 0 aromatic heterocycles. The SMILES string of the molecule is CC(N)(O)CO.Cl. The highest BCUT2D eigenvalue weighted by molar-refractivity contribution is 5.85. The number of hydrogen-bond donors (Lipinski definition) is 3. The Morgan fingerprint density at radius 3 is 1.86 bits per heavy atom. The van der Waals surface area contributed by atoms with Crippen molar-refractivity contribution in [2.75, 3.05) is 6.61 Å². The molecule has 4 heteroatoms. The van der Waals surface area contributed by atoms with Gasteiger partial charge in [0.1, 0.15) is 5.72 Å². The van der Waals surface area contributed by atoms with Crippen LogP contribution in [0.4, 0.5) is 0 Å². The van der Waals surface area contributed by atoms with E-state index in [0.29, 0.717) is 0 Å². The van der Waals surface area contributed by atoms with Crippen molar-refractivity contribution in [3.63, 3.8) is 0 Å². The molecule has 0 aliphatic carbocycles. The summed E-state index contributed by atoms with van der Waals surface area (Å²) in [5.74, 6) is 0. The van der Waals surface area contributed by atoms with E-state index >= 15 is 0 Å². The number of aliphatic hydroxyl groups excluding tert-OH is 1. The summed E-state index contributed by atoms with van der Waals surface area (Å²) in [5, 5.41) is 16.4. The Bertz CT molecular complexity index is 42.7. The van der Waals surface area contributed by atoms with Crippen molar-refractivity contribution in [2.24, 2.45) is 5.73 Å². The molecule has 7 heavy (non-hydrogen) atoms. The first-order valence-electron chi connectivity index (χ1n) is 1.68. The van der Waals surface area contributed by atoms with Gasteiger partial charge in [0.2, 0.25) is 0 Å². The number of halogens is 1. The van der Waals surface area contributed by atoms with E-state index in [1.165, 1.54) is 6.92 Å². The van der Waals surface area contributed by atoms with Crippen molar-refractivity contribution in [3.8, 4) is 0 Å². The van der Waals surface area contributed by atoms with E-state index < -0.39 is 12.3 Å². The third-order valence-electron chi connectivity index (χ3n) is 0.320. The first-order valence-corrected chi connectivity index (χ1v) is 1.68. The van der Waals surface area contributed by atoms with Crippen molar-refractivity contribution >= 4 is 12.4 Å². The zero-order valence-corrected chi connectivity index (χ0v) is 4.90. The quantitative estimate of drug-likeness (QED) is 0.399. The number of nitrogens with two attached hydrogens (primary N) is 1. The topological polar surface area (TPSA) is 66.5 Å². The minimum atomic E-state index is -1.40. The van der Waals surface area contributed by atoms with Crippen LogP contribution >= 0.6 is 12.4 Å². The molecule has 0 spiro atoms. The van der Waals surface area contributed by atoms with Crippen LogP contribution < -0.4 is 5.73 Å². The standard InChI is InChI=1S/C3H9NO2.ClH/c1-3(4,6)2-5;/h5-6H,2,4H2,1H3;1H. The third-order valence-corrected chi connectivity index (χ3v) is 0.320. The Balaban J connectivity index is 0. The summed E-state index contributed by atoms with van der Waals surface area (Å²) in [5.41, 5.74) is 3.44. The normalized spacial score (nSPS) is 17.1. The molecule has 0 amide bonds. The summed E-state index contributed by atoms with van der Waals surface area (Å²) in [6.07, 6.45) is 0. The van der Waals surface area contributed by atoms with Crippen LogP contribution in [0.25, 0.3) is 0 Å². The zero-order chi connectivity index (χ0) is 5.21. The molecular weight excluding hydrogens is 117 g/mol. The van der Waals surface area contributed by atoms with Crippen molar-refractivity contribution in [3.05, 3.63) is 0 Å². The second-order valence-corrected chi connectivity index (χ2v) is 1.52. The Morgan fingerprint density at radius 2 is 1.86 bits per heavy atom. The van der Waals surface area contributed by atoms with Gasteiger partial charge in [-0.05, 0) is 6.92 Å². The van der Waals surface area contributed by atoms with Gasteiger partial charge in [0, 0.05) is 0 Å². The number of hydrogen-bond acceptors (Lipinski definition) is 3. The Hall–Kier alpha value is 0.170. The van der Waals surface area contributed by atoms with E-state index in [-0.39, 0.29) is 12.4 Å². The smallest absolute Gasteiger partial charge is 0.133 e. The largest absolute Gasteiger partial charge is 0.392 e. The summed E-state index contributed by atoms with van der Waals surface area (Å²) in [4.78, 5) is 0. The van der Waals surface area contributed by atoms with Crippen LogP contribution in [0.1, 0.15) is 6.92 Å². The molecular formula is C3H10ClNO2. The van der Waals surface area contributed by atoms with Crippen LogP contribution in [0.2, 0.25) is 0 Å². The summed E-state index contributed by atoms with van der Waals surface area (Å²) in [6, 6.07) is 0. The molecule has 0 aromatic carbocycles. The molecule has 0 fully saturated rings. The fourth-order valence-corrected chi connectivity index (χ4v) is 0. The monoisotopic (exact) mass is 127 g/mol. The van der Waals surface area contributed by atoms with E-state index in [1.54, 1.807) is 0 Å². The van der Waals surface area contributed by atoms with Crippen LogP contribution in [0.5, 0.6) is 0 Å². The first kappa shape index (κ1) is 10.2. The zero-order valence-electron chi connectivity index (χ0n) is 4.09. The molecule has 0 saturated carbocycles. The van der Waals surface area contributed by atoms with E-state index in [1.807, 2.05) is 0 Å². The van der Waals surface area contributed by atoms with Gasteiger partial charge in [-0.3, -0.25) is 0 Å². The molecule has 1 unspecified atom stereocenters.